The van der Waals surface area contributed by atoms with Crippen molar-refractivity contribution >= 4 is 26.7 Å². The molecule has 0 aliphatic carbocycles. The molecule has 1 nitrogen and oxygen atoms in total. The van der Waals surface area contributed by atoms with Gasteiger partial charge in [-0.05, 0) is 47.5 Å². The summed E-state index contributed by atoms with van der Waals surface area (Å²) in [5, 5.41) is 10.7. The first-order chi connectivity index (χ1) is 7.61. The number of alkyl halides is 1. The predicted octanol–water partition coefficient (Wildman–Crippen LogP) is 4.31. The molecule has 0 amide bonds. The molecule has 16 heavy (non-hydrogen) atoms. The number of hydrogen-bond acceptors (Lipinski definition) is 1. The maximum Gasteiger partial charge on any atom is 0.123 e. The Kier molecular flexibility index (Phi) is 2.93. The maximum atomic E-state index is 13.2. The Morgan fingerprint density at radius 3 is 2.69 bits per heavy atom. The van der Waals surface area contributed by atoms with Crippen LogP contribution < -0.4 is 0 Å². The van der Waals surface area contributed by atoms with E-state index in [1.54, 1.807) is 18.2 Å². The van der Waals surface area contributed by atoms with Crippen molar-refractivity contribution in [2.45, 2.75) is 11.8 Å². The van der Waals surface area contributed by atoms with Crippen LogP contribution in [0.5, 0.6) is 0 Å². The van der Waals surface area contributed by atoms with Gasteiger partial charge in [-0.15, -0.1) is 0 Å². The molecule has 0 aliphatic heterocycles. The van der Waals surface area contributed by atoms with E-state index in [9.17, 15) is 4.39 Å². The van der Waals surface area contributed by atoms with E-state index < -0.39 is 0 Å². The second kappa shape index (κ2) is 4.23. The molecule has 0 bridgehead atoms. The lowest BCUT2D eigenvalue weighted by Gasteiger charge is -2.09. The fraction of sp³-hybridized carbons (Fsp3) is 0.154. The van der Waals surface area contributed by atoms with Crippen LogP contribution in [0.3, 0.4) is 0 Å². The fourth-order valence-electron chi connectivity index (χ4n) is 1.75. The van der Waals surface area contributed by atoms with Crippen molar-refractivity contribution < 1.29 is 4.39 Å². The molecule has 0 radical (unpaired) electrons. The van der Waals surface area contributed by atoms with Crippen LogP contribution in [0.15, 0.2) is 30.3 Å². The Balaban J connectivity index is 2.83. The second-order valence-electron chi connectivity index (χ2n) is 3.66. The highest BCUT2D eigenvalue weighted by atomic mass is 79.9. The molecule has 0 saturated heterocycles. The van der Waals surface area contributed by atoms with Gasteiger partial charge < -0.3 is 0 Å². The van der Waals surface area contributed by atoms with Crippen LogP contribution in [0, 0.1) is 17.1 Å². The smallest absolute Gasteiger partial charge is 0.123 e. The van der Waals surface area contributed by atoms with Crippen LogP contribution >= 0.6 is 15.9 Å². The van der Waals surface area contributed by atoms with Gasteiger partial charge in [0.25, 0.3) is 0 Å². The highest BCUT2D eigenvalue weighted by Crippen LogP contribution is 2.31. The SMILES string of the molecule is CC(Br)c1cc(C#N)cc2ccc(F)cc12. The summed E-state index contributed by atoms with van der Waals surface area (Å²) >= 11 is 3.46. The zero-order chi connectivity index (χ0) is 11.7. The van der Waals surface area contributed by atoms with Gasteiger partial charge in [0.1, 0.15) is 5.82 Å². The van der Waals surface area contributed by atoms with E-state index in [0.29, 0.717) is 5.56 Å². The number of fused-ring (bicyclic) bond motifs is 1. The molecule has 2 rings (SSSR count). The summed E-state index contributed by atoms with van der Waals surface area (Å²) in [5.74, 6) is -0.258. The summed E-state index contributed by atoms with van der Waals surface area (Å²) in [6.45, 7) is 1.96. The number of rotatable bonds is 1. The molecule has 0 fully saturated rings. The molecule has 0 heterocycles. The molecule has 1 atom stereocenters. The number of benzene rings is 2. The fourth-order valence-corrected chi connectivity index (χ4v) is 2.13. The van der Waals surface area contributed by atoms with Crippen molar-refractivity contribution in [1.82, 2.24) is 0 Å². The quantitative estimate of drug-likeness (QED) is 0.713. The summed E-state index contributed by atoms with van der Waals surface area (Å²) < 4.78 is 13.2. The normalized spacial score (nSPS) is 12.4. The van der Waals surface area contributed by atoms with Crippen LogP contribution in [0.1, 0.15) is 22.9 Å². The van der Waals surface area contributed by atoms with E-state index in [-0.39, 0.29) is 10.6 Å². The largest absolute Gasteiger partial charge is 0.207 e. The van der Waals surface area contributed by atoms with Gasteiger partial charge in [-0.2, -0.15) is 5.26 Å². The molecule has 2 aromatic rings. The van der Waals surface area contributed by atoms with Crippen molar-refractivity contribution in [3.05, 3.63) is 47.3 Å². The molecule has 3 heteroatoms. The van der Waals surface area contributed by atoms with Gasteiger partial charge in [-0.3, -0.25) is 0 Å². The Labute approximate surface area is 102 Å². The molecular formula is C13H9BrFN. The maximum absolute atomic E-state index is 13.2. The van der Waals surface area contributed by atoms with Gasteiger partial charge in [-0.25, -0.2) is 4.39 Å². The summed E-state index contributed by atoms with van der Waals surface area (Å²) in [6, 6.07) is 10.3. The van der Waals surface area contributed by atoms with Crippen LogP contribution in [-0.2, 0) is 0 Å². The van der Waals surface area contributed by atoms with E-state index in [1.165, 1.54) is 12.1 Å². The minimum atomic E-state index is -0.258. The van der Waals surface area contributed by atoms with Crippen molar-refractivity contribution in [2.24, 2.45) is 0 Å². The average molecular weight is 278 g/mol. The Bertz CT molecular complexity index is 584. The predicted molar refractivity (Wildman–Crippen MR) is 66.0 cm³/mol. The summed E-state index contributed by atoms with van der Waals surface area (Å²) in [7, 11) is 0. The molecule has 80 valence electrons. The van der Waals surface area contributed by atoms with Crippen molar-refractivity contribution in [2.75, 3.05) is 0 Å². The third-order valence-electron chi connectivity index (χ3n) is 2.51. The van der Waals surface area contributed by atoms with Gasteiger partial charge in [0.05, 0.1) is 11.6 Å². The van der Waals surface area contributed by atoms with Gasteiger partial charge in [0.2, 0.25) is 0 Å². The molecule has 0 aliphatic rings. The molecule has 1 unspecified atom stereocenters. The van der Waals surface area contributed by atoms with Gasteiger partial charge in [0, 0.05) is 4.83 Å². The van der Waals surface area contributed by atoms with E-state index in [4.69, 9.17) is 5.26 Å². The monoisotopic (exact) mass is 277 g/mol. The van der Waals surface area contributed by atoms with Crippen LogP contribution in [0.4, 0.5) is 4.39 Å². The van der Waals surface area contributed by atoms with Crippen molar-refractivity contribution in [3.63, 3.8) is 0 Å². The number of hydrogen-bond donors (Lipinski definition) is 0. The van der Waals surface area contributed by atoms with E-state index in [1.807, 2.05) is 6.92 Å². The van der Waals surface area contributed by atoms with Gasteiger partial charge in [-0.1, -0.05) is 22.0 Å². The molecule has 0 aromatic heterocycles. The first-order valence-electron chi connectivity index (χ1n) is 4.89. The zero-order valence-electron chi connectivity index (χ0n) is 8.67. The van der Waals surface area contributed by atoms with E-state index in [0.717, 1.165) is 16.3 Å². The summed E-state index contributed by atoms with van der Waals surface area (Å²) in [6.07, 6.45) is 0. The average Bonchev–Trinajstić information content (AvgIpc) is 2.27. The highest BCUT2D eigenvalue weighted by Gasteiger charge is 2.09. The second-order valence-corrected chi connectivity index (χ2v) is 5.03. The first kappa shape index (κ1) is 11.1. The Morgan fingerprint density at radius 2 is 2.06 bits per heavy atom. The lowest BCUT2D eigenvalue weighted by molar-refractivity contribution is 0.629. The number of nitriles is 1. The first-order valence-corrected chi connectivity index (χ1v) is 5.81. The molecule has 0 spiro atoms. The van der Waals surface area contributed by atoms with Crippen LogP contribution in [0.2, 0.25) is 0 Å². The van der Waals surface area contributed by atoms with E-state index in [2.05, 4.69) is 22.0 Å². The Hall–Kier alpha value is -1.40. The lowest BCUT2D eigenvalue weighted by atomic mass is 9.99. The molecule has 2 aromatic carbocycles. The van der Waals surface area contributed by atoms with E-state index >= 15 is 0 Å². The minimum Gasteiger partial charge on any atom is -0.207 e. The third-order valence-corrected chi connectivity index (χ3v) is 3.00. The topological polar surface area (TPSA) is 23.8 Å². The lowest BCUT2D eigenvalue weighted by Crippen LogP contribution is -1.90. The van der Waals surface area contributed by atoms with Crippen molar-refractivity contribution in [1.29, 1.82) is 5.26 Å². The standard InChI is InChI=1S/C13H9BrFN/c1-8(14)12-5-9(7-16)4-10-2-3-11(15)6-13(10)12/h2-6,8H,1H3. The van der Waals surface area contributed by atoms with Gasteiger partial charge >= 0.3 is 0 Å². The zero-order valence-corrected chi connectivity index (χ0v) is 10.3. The summed E-state index contributed by atoms with van der Waals surface area (Å²) in [4.78, 5) is 0.0881. The van der Waals surface area contributed by atoms with Crippen LogP contribution in [0.25, 0.3) is 10.8 Å². The highest BCUT2D eigenvalue weighted by molar-refractivity contribution is 9.09. The van der Waals surface area contributed by atoms with Crippen molar-refractivity contribution in [3.8, 4) is 6.07 Å². The molecule has 0 N–H and O–H groups in total. The Morgan fingerprint density at radius 1 is 1.31 bits per heavy atom. The van der Waals surface area contributed by atoms with Gasteiger partial charge in [0.15, 0.2) is 0 Å². The number of halogens is 2. The molecular weight excluding hydrogens is 269 g/mol. The summed E-state index contributed by atoms with van der Waals surface area (Å²) in [5.41, 5.74) is 1.54. The number of nitrogens with zero attached hydrogens (tertiary/aromatic N) is 1. The minimum absolute atomic E-state index is 0.0881. The third kappa shape index (κ3) is 1.94. The van der Waals surface area contributed by atoms with Crippen LogP contribution in [-0.4, -0.2) is 0 Å². The molecule has 0 saturated carbocycles.